The molecule has 0 amide bonds. The standard InChI is InChI=1S/C9H12N4O2S2/c1-7-6-16-9(13-7)2-3-12-17(14,15)8-4-10-11-5-8/h4-6,12H,2-3H2,1H3,(H,10,11). The van der Waals surface area contributed by atoms with Crippen LogP contribution in [0.25, 0.3) is 0 Å². The van der Waals surface area contributed by atoms with Gasteiger partial charge >= 0.3 is 0 Å². The number of rotatable bonds is 5. The Morgan fingerprint density at radius 3 is 2.94 bits per heavy atom. The quantitative estimate of drug-likeness (QED) is 0.838. The normalized spacial score (nSPS) is 11.8. The molecule has 0 aromatic carbocycles. The van der Waals surface area contributed by atoms with Gasteiger partial charge in [0.1, 0.15) is 4.90 Å². The van der Waals surface area contributed by atoms with Crippen molar-refractivity contribution in [2.75, 3.05) is 6.54 Å². The van der Waals surface area contributed by atoms with Crippen LogP contribution in [-0.2, 0) is 16.4 Å². The Kier molecular flexibility index (Phi) is 3.55. The lowest BCUT2D eigenvalue weighted by atomic mass is 10.4. The highest BCUT2D eigenvalue weighted by Crippen LogP contribution is 2.09. The van der Waals surface area contributed by atoms with Gasteiger partial charge in [-0.1, -0.05) is 0 Å². The number of H-pyrrole nitrogens is 1. The summed E-state index contributed by atoms with van der Waals surface area (Å²) >= 11 is 1.53. The molecule has 2 aromatic rings. The molecule has 0 bridgehead atoms. The minimum atomic E-state index is -3.45. The van der Waals surface area contributed by atoms with E-state index in [1.165, 1.54) is 23.7 Å². The van der Waals surface area contributed by atoms with Crippen molar-refractivity contribution < 1.29 is 8.42 Å². The summed E-state index contributed by atoms with van der Waals surface area (Å²) in [5, 5.41) is 8.94. The van der Waals surface area contributed by atoms with Gasteiger partial charge in [0.25, 0.3) is 0 Å². The number of aromatic amines is 1. The lowest BCUT2D eigenvalue weighted by molar-refractivity contribution is 0.581. The maximum absolute atomic E-state index is 11.7. The van der Waals surface area contributed by atoms with E-state index >= 15 is 0 Å². The van der Waals surface area contributed by atoms with Crippen molar-refractivity contribution in [1.29, 1.82) is 0 Å². The molecule has 2 aromatic heterocycles. The van der Waals surface area contributed by atoms with Crippen LogP contribution in [0.3, 0.4) is 0 Å². The van der Waals surface area contributed by atoms with Gasteiger partial charge < -0.3 is 0 Å². The number of aromatic nitrogens is 3. The third kappa shape index (κ3) is 3.11. The third-order valence-corrected chi connectivity index (χ3v) is 4.54. The first-order valence-corrected chi connectivity index (χ1v) is 7.34. The Morgan fingerprint density at radius 2 is 2.35 bits per heavy atom. The van der Waals surface area contributed by atoms with E-state index in [2.05, 4.69) is 19.9 Å². The first-order valence-electron chi connectivity index (χ1n) is 4.97. The van der Waals surface area contributed by atoms with E-state index in [0.717, 1.165) is 10.7 Å². The predicted octanol–water partition coefficient (Wildman–Crippen LogP) is 0.696. The fourth-order valence-corrected chi connectivity index (χ4v) is 2.99. The number of thiazole rings is 1. The van der Waals surface area contributed by atoms with Crippen molar-refractivity contribution in [2.24, 2.45) is 0 Å². The molecule has 17 heavy (non-hydrogen) atoms. The Bertz CT molecular complexity index is 574. The molecule has 0 radical (unpaired) electrons. The van der Waals surface area contributed by atoms with Crippen LogP contribution in [-0.4, -0.2) is 30.1 Å². The summed E-state index contributed by atoms with van der Waals surface area (Å²) in [6.45, 7) is 2.25. The van der Waals surface area contributed by atoms with Gasteiger partial charge in [-0.15, -0.1) is 11.3 Å². The second kappa shape index (κ2) is 4.94. The Balaban J connectivity index is 1.91. The molecule has 0 unspecified atom stereocenters. The van der Waals surface area contributed by atoms with Crippen molar-refractivity contribution >= 4 is 21.4 Å². The molecule has 0 atom stereocenters. The summed E-state index contributed by atoms with van der Waals surface area (Å²) in [5.74, 6) is 0. The smallest absolute Gasteiger partial charge is 0.243 e. The number of hydrogen-bond acceptors (Lipinski definition) is 5. The molecule has 0 aliphatic heterocycles. The van der Waals surface area contributed by atoms with Crippen LogP contribution >= 0.6 is 11.3 Å². The molecule has 0 saturated heterocycles. The molecule has 2 heterocycles. The van der Waals surface area contributed by atoms with E-state index in [0.29, 0.717) is 13.0 Å². The largest absolute Gasteiger partial charge is 0.284 e. The first-order chi connectivity index (χ1) is 8.08. The monoisotopic (exact) mass is 272 g/mol. The Labute approximate surface area is 103 Å². The van der Waals surface area contributed by atoms with Gasteiger partial charge in [-0.25, -0.2) is 18.1 Å². The van der Waals surface area contributed by atoms with Gasteiger partial charge in [0.2, 0.25) is 10.0 Å². The molecule has 0 saturated carbocycles. The van der Waals surface area contributed by atoms with E-state index in [1.54, 1.807) is 0 Å². The van der Waals surface area contributed by atoms with Gasteiger partial charge in [0.15, 0.2) is 0 Å². The van der Waals surface area contributed by atoms with Crippen LogP contribution < -0.4 is 4.72 Å². The van der Waals surface area contributed by atoms with Crippen LogP contribution in [0.5, 0.6) is 0 Å². The number of nitrogens with one attached hydrogen (secondary N) is 2. The number of sulfonamides is 1. The Morgan fingerprint density at radius 1 is 1.53 bits per heavy atom. The first kappa shape index (κ1) is 12.2. The zero-order valence-electron chi connectivity index (χ0n) is 9.17. The second-order valence-corrected chi connectivity index (χ2v) is 6.17. The lowest BCUT2D eigenvalue weighted by Crippen LogP contribution is -2.25. The molecule has 8 heteroatoms. The van der Waals surface area contributed by atoms with Crippen molar-refractivity contribution in [3.63, 3.8) is 0 Å². The molecule has 2 rings (SSSR count). The summed E-state index contributed by atoms with van der Waals surface area (Å²) in [6.07, 6.45) is 3.21. The van der Waals surface area contributed by atoms with E-state index < -0.39 is 10.0 Å². The third-order valence-electron chi connectivity index (χ3n) is 2.08. The molecule has 0 aliphatic rings. The summed E-state index contributed by atoms with van der Waals surface area (Å²) in [7, 11) is -3.45. The number of hydrogen-bond donors (Lipinski definition) is 2. The summed E-state index contributed by atoms with van der Waals surface area (Å²) in [4.78, 5) is 4.40. The molecule has 0 spiro atoms. The van der Waals surface area contributed by atoms with Gasteiger partial charge in [0, 0.05) is 30.2 Å². The van der Waals surface area contributed by atoms with Gasteiger partial charge in [-0.05, 0) is 6.92 Å². The average Bonchev–Trinajstić information content (AvgIpc) is 2.89. The molecule has 0 aliphatic carbocycles. The van der Waals surface area contributed by atoms with E-state index in [9.17, 15) is 8.42 Å². The average molecular weight is 272 g/mol. The lowest BCUT2D eigenvalue weighted by Gasteiger charge is -2.02. The highest BCUT2D eigenvalue weighted by Gasteiger charge is 2.14. The van der Waals surface area contributed by atoms with Crippen molar-refractivity contribution in [3.05, 3.63) is 28.5 Å². The summed E-state index contributed by atoms with van der Waals surface area (Å²) in [6, 6.07) is 0. The highest BCUT2D eigenvalue weighted by atomic mass is 32.2. The molecular formula is C9H12N4O2S2. The van der Waals surface area contributed by atoms with E-state index in [4.69, 9.17) is 0 Å². The number of aryl methyl sites for hydroxylation is 1. The second-order valence-electron chi connectivity index (χ2n) is 3.46. The molecule has 0 fully saturated rings. The predicted molar refractivity (Wildman–Crippen MR) is 64.3 cm³/mol. The molecular weight excluding hydrogens is 260 g/mol. The van der Waals surface area contributed by atoms with Crippen LogP contribution in [0, 0.1) is 6.92 Å². The van der Waals surface area contributed by atoms with Gasteiger partial charge in [0.05, 0.1) is 11.2 Å². The summed E-state index contributed by atoms with van der Waals surface area (Å²) in [5.41, 5.74) is 0.961. The maximum Gasteiger partial charge on any atom is 0.243 e. The zero-order chi connectivity index (χ0) is 12.3. The molecule has 92 valence electrons. The van der Waals surface area contributed by atoms with Crippen LogP contribution in [0.4, 0.5) is 0 Å². The fourth-order valence-electron chi connectivity index (χ4n) is 1.28. The van der Waals surface area contributed by atoms with E-state index in [1.807, 2.05) is 12.3 Å². The highest BCUT2D eigenvalue weighted by molar-refractivity contribution is 7.89. The van der Waals surface area contributed by atoms with E-state index in [-0.39, 0.29) is 4.90 Å². The van der Waals surface area contributed by atoms with Crippen molar-refractivity contribution in [2.45, 2.75) is 18.2 Å². The topological polar surface area (TPSA) is 87.7 Å². The van der Waals surface area contributed by atoms with Crippen molar-refractivity contribution in [1.82, 2.24) is 19.9 Å². The number of nitrogens with zero attached hydrogens (tertiary/aromatic N) is 2. The minimum Gasteiger partial charge on any atom is -0.284 e. The Hall–Kier alpha value is -1.25. The van der Waals surface area contributed by atoms with Crippen molar-refractivity contribution in [3.8, 4) is 0 Å². The van der Waals surface area contributed by atoms with Crippen LogP contribution in [0.1, 0.15) is 10.7 Å². The maximum atomic E-state index is 11.7. The van der Waals surface area contributed by atoms with Crippen LogP contribution in [0.15, 0.2) is 22.7 Å². The molecule has 6 nitrogen and oxygen atoms in total. The SMILES string of the molecule is Cc1csc(CCNS(=O)(=O)c2cn[nH]c2)n1. The van der Waals surface area contributed by atoms with Crippen LogP contribution in [0.2, 0.25) is 0 Å². The van der Waals surface area contributed by atoms with Gasteiger partial charge in [-0.2, -0.15) is 5.10 Å². The molecule has 2 N–H and O–H groups in total. The minimum absolute atomic E-state index is 0.146. The summed E-state index contributed by atoms with van der Waals surface area (Å²) < 4.78 is 25.9. The zero-order valence-corrected chi connectivity index (χ0v) is 10.8. The van der Waals surface area contributed by atoms with Gasteiger partial charge in [-0.3, -0.25) is 5.10 Å². The fraction of sp³-hybridized carbons (Fsp3) is 0.333.